The van der Waals surface area contributed by atoms with Crippen molar-refractivity contribution in [2.45, 2.75) is 6.92 Å². The van der Waals surface area contributed by atoms with Gasteiger partial charge in [-0.1, -0.05) is 59.1 Å². The van der Waals surface area contributed by atoms with Crippen LogP contribution in [0.5, 0.6) is 0 Å². The van der Waals surface area contributed by atoms with Gasteiger partial charge in [0.05, 0.1) is 21.8 Å². The van der Waals surface area contributed by atoms with Crippen LogP contribution in [0.25, 0.3) is 11.1 Å². The number of amides is 3. The van der Waals surface area contributed by atoms with Crippen LogP contribution in [0.1, 0.15) is 15.9 Å². The lowest BCUT2D eigenvalue weighted by Gasteiger charge is -2.06. The highest BCUT2D eigenvalue weighted by molar-refractivity contribution is 6.40. The van der Waals surface area contributed by atoms with Crippen molar-refractivity contribution < 1.29 is 14.8 Å². The van der Waals surface area contributed by atoms with Crippen LogP contribution >= 0.6 is 23.2 Å². The lowest BCUT2D eigenvalue weighted by Crippen LogP contribution is -2.31. The van der Waals surface area contributed by atoms with E-state index in [9.17, 15) is 14.8 Å². The number of hydrogen-bond acceptors (Lipinski definition) is 3. The average Bonchev–Trinajstić information content (AvgIpc) is 2.64. The number of nitrogens with one attached hydrogen (secondary N) is 1. The molecule has 0 aliphatic rings. The van der Waals surface area contributed by atoms with Crippen LogP contribution in [0.15, 0.2) is 65.8 Å². The first kappa shape index (κ1) is 19.7. The molecule has 1 heterocycles. The van der Waals surface area contributed by atoms with Gasteiger partial charge in [0.2, 0.25) is 0 Å². The summed E-state index contributed by atoms with van der Waals surface area (Å²) in [4.78, 5) is 28.0. The van der Waals surface area contributed by atoms with Gasteiger partial charge < -0.3 is 5.21 Å². The number of aryl methyl sites for hydroxylation is 1. The largest absolute Gasteiger partial charge is 0.427 e. The van der Waals surface area contributed by atoms with Crippen molar-refractivity contribution in [3.63, 3.8) is 0 Å². The molecule has 3 rings (SSSR count). The van der Waals surface area contributed by atoms with E-state index in [2.05, 4.69) is 10.3 Å². The number of hydrogen-bond donors (Lipinski definition) is 2. The van der Waals surface area contributed by atoms with Crippen LogP contribution in [-0.2, 0) is 0 Å². The van der Waals surface area contributed by atoms with Gasteiger partial charge in [0.1, 0.15) is 0 Å². The lowest BCUT2D eigenvalue weighted by atomic mass is 10.1. The number of carbonyl (C=O) groups excluding carboxylic acids is 2. The third kappa shape index (κ3) is 4.42. The predicted octanol–water partition coefficient (Wildman–Crippen LogP) is 4.46. The number of benzene rings is 2. The topological polar surface area (TPSA) is 83.7 Å². The van der Waals surface area contributed by atoms with Gasteiger partial charge in [-0.3, -0.25) is 10.1 Å². The number of rotatable bonds is 2. The summed E-state index contributed by atoms with van der Waals surface area (Å²) in [7, 11) is 0. The third-order valence-corrected chi connectivity index (χ3v) is 4.55. The Bertz CT molecular complexity index is 1100. The first-order valence-electron chi connectivity index (χ1n) is 8.18. The molecule has 0 spiro atoms. The van der Waals surface area contributed by atoms with E-state index in [1.807, 2.05) is 31.2 Å². The second kappa shape index (κ2) is 8.29. The summed E-state index contributed by atoms with van der Waals surface area (Å²) in [6.07, 6.45) is 1.42. The van der Waals surface area contributed by atoms with Crippen LogP contribution in [0, 0.1) is 6.92 Å². The molecule has 1 aromatic heterocycles. The number of halogens is 2. The quantitative estimate of drug-likeness (QED) is 0.605. The Labute approximate surface area is 170 Å². The molecule has 142 valence electrons. The Hall–Kier alpha value is -3.09. The van der Waals surface area contributed by atoms with Gasteiger partial charge in [0.15, 0.2) is 5.49 Å². The zero-order chi connectivity index (χ0) is 20.3. The maximum absolute atomic E-state index is 12.2. The van der Waals surface area contributed by atoms with Gasteiger partial charge in [-0.05, 0) is 36.8 Å². The first-order valence-corrected chi connectivity index (χ1v) is 8.94. The van der Waals surface area contributed by atoms with Crippen LogP contribution in [0.4, 0.5) is 4.79 Å². The Morgan fingerprint density at radius 3 is 2.18 bits per heavy atom. The normalized spacial score (nSPS) is 11.3. The summed E-state index contributed by atoms with van der Waals surface area (Å²) in [6, 6.07) is 14.5. The number of carbonyl (C=O) groups is 2. The molecule has 0 fully saturated rings. The molecule has 0 aliphatic carbocycles. The molecule has 2 aromatic carbocycles. The monoisotopic (exact) mass is 415 g/mol. The first-order chi connectivity index (χ1) is 13.3. The highest BCUT2D eigenvalue weighted by atomic mass is 35.5. The van der Waals surface area contributed by atoms with Crippen LogP contribution < -0.4 is 10.8 Å². The van der Waals surface area contributed by atoms with E-state index < -0.39 is 11.9 Å². The zero-order valence-electron chi connectivity index (χ0n) is 14.7. The van der Waals surface area contributed by atoms with Crippen molar-refractivity contribution in [2.24, 2.45) is 4.99 Å². The molecule has 0 saturated carbocycles. The molecule has 3 aromatic rings. The van der Waals surface area contributed by atoms with Gasteiger partial charge in [0, 0.05) is 5.56 Å². The third-order valence-electron chi connectivity index (χ3n) is 3.92. The van der Waals surface area contributed by atoms with Crippen molar-refractivity contribution in [2.75, 3.05) is 0 Å². The molecular formula is C20H15Cl2N3O3. The van der Waals surface area contributed by atoms with Gasteiger partial charge in [-0.2, -0.15) is 9.72 Å². The zero-order valence-corrected chi connectivity index (χ0v) is 16.2. The molecule has 0 aliphatic heterocycles. The summed E-state index contributed by atoms with van der Waals surface area (Å²) in [6.45, 7) is 1.98. The Morgan fingerprint density at radius 1 is 0.964 bits per heavy atom. The molecule has 0 saturated heterocycles. The molecule has 6 nitrogen and oxygen atoms in total. The number of aromatic nitrogens is 1. The van der Waals surface area contributed by atoms with Crippen molar-refractivity contribution in [1.29, 1.82) is 0 Å². The molecule has 0 unspecified atom stereocenters. The molecule has 28 heavy (non-hydrogen) atoms. The van der Waals surface area contributed by atoms with Crippen molar-refractivity contribution in [3.05, 3.63) is 87.5 Å². The van der Waals surface area contributed by atoms with Gasteiger partial charge >= 0.3 is 6.03 Å². The van der Waals surface area contributed by atoms with Crippen LogP contribution in [0.2, 0.25) is 10.0 Å². The standard InChI is InChI=1S/C20H15Cl2N3O3/c1-12-5-7-13(8-6-12)14-9-10-17(25(28)11-14)23-20(27)24-19(26)18-15(21)3-2-4-16(18)22/h2-11,28H,1H3,(H,24,26,27). The number of nitrogens with zero attached hydrogens (tertiary/aromatic N) is 2. The molecule has 2 N–H and O–H groups in total. The van der Waals surface area contributed by atoms with Crippen LogP contribution in [-0.4, -0.2) is 21.9 Å². The van der Waals surface area contributed by atoms with E-state index in [0.29, 0.717) is 4.73 Å². The van der Waals surface area contributed by atoms with Crippen molar-refractivity contribution >= 4 is 35.1 Å². The smallest absolute Gasteiger partial charge is 0.349 e. The van der Waals surface area contributed by atoms with E-state index in [1.54, 1.807) is 12.1 Å². The summed E-state index contributed by atoms with van der Waals surface area (Å²) in [5.41, 5.74) is 2.67. The molecule has 3 amide bonds. The fraction of sp³-hybridized carbons (Fsp3) is 0.0500. The van der Waals surface area contributed by atoms with Gasteiger partial charge in [-0.25, -0.2) is 4.79 Å². The fourth-order valence-electron chi connectivity index (χ4n) is 2.49. The summed E-state index contributed by atoms with van der Waals surface area (Å²) in [5.74, 6) is -0.787. The van der Waals surface area contributed by atoms with Gasteiger partial charge in [0.25, 0.3) is 5.91 Å². The Kier molecular flexibility index (Phi) is 5.82. The minimum Gasteiger partial charge on any atom is -0.427 e. The van der Waals surface area contributed by atoms with E-state index in [-0.39, 0.29) is 21.1 Å². The van der Waals surface area contributed by atoms with Crippen LogP contribution in [0.3, 0.4) is 0 Å². The predicted molar refractivity (Wildman–Crippen MR) is 107 cm³/mol. The maximum atomic E-state index is 12.2. The van der Waals surface area contributed by atoms with Gasteiger partial charge in [-0.15, -0.1) is 0 Å². The SMILES string of the molecule is Cc1ccc(-c2ccc(=NC(=O)NC(=O)c3c(Cl)cccc3Cl)n(O)c2)cc1. The highest BCUT2D eigenvalue weighted by Crippen LogP contribution is 2.24. The molecule has 8 heteroatoms. The van der Waals surface area contributed by atoms with E-state index in [1.165, 1.54) is 24.4 Å². The number of urea groups is 1. The maximum Gasteiger partial charge on any atom is 0.349 e. The van der Waals surface area contributed by atoms with Crippen molar-refractivity contribution in [1.82, 2.24) is 10.0 Å². The Morgan fingerprint density at radius 2 is 1.57 bits per heavy atom. The van der Waals surface area contributed by atoms with E-state index in [4.69, 9.17) is 23.2 Å². The molecule has 0 radical (unpaired) electrons. The second-order valence-corrected chi connectivity index (χ2v) is 6.77. The summed E-state index contributed by atoms with van der Waals surface area (Å²) in [5, 5.41) is 12.4. The fourth-order valence-corrected chi connectivity index (χ4v) is 3.06. The highest BCUT2D eigenvalue weighted by Gasteiger charge is 2.16. The molecular weight excluding hydrogens is 401 g/mol. The number of imide groups is 1. The summed E-state index contributed by atoms with van der Waals surface area (Å²) < 4.78 is 0.710. The van der Waals surface area contributed by atoms with E-state index in [0.717, 1.165) is 16.7 Å². The van der Waals surface area contributed by atoms with E-state index >= 15 is 0 Å². The lowest BCUT2D eigenvalue weighted by molar-refractivity contribution is 0.0965. The molecule has 0 atom stereocenters. The summed E-state index contributed by atoms with van der Waals surface area (Å²) >= 11 is 11.9. The van der Waals surface area contributed by atoms with Crippen molar-refractivity contribution in [3.8, 4) is 11.1 Å². The Balaban J connectivity index is 1.82. The average molecular weight is 416 g/mol. The minimum atomic E-state index is -0.966. The molecule has 0 bridgehead atoms. The second-order valence-electron chi connectivity index (χ2n) is 5.95. The number of pyridine rings is 1. The minimum absolute atomic E-state index is 0.0269.